The molecular weight excluding hydrogens is 235 g/mol. The van der Waals surface area contributed by atoms with Gasteiger partial charge in [0.05, 0.1) is 5.56 Å². The number of hydrogen-bond acceptors (Lipinski definition) is 4. The van der Waals surface area contributed by atoms with Crippen molar-refractivity contribution in [2.24, 2.45) is 0 Å². The van der Waals surface area contributed by atoms with Crippen LogP contribution in [0.5, 0.6) is 0 Å². The van der Waals surface area contributed by atoms with Crippen LogP contribution in [0, 0.1) is 0 Å². The number of nitrogens with one attached hydrogen (secondary N) is 2. The van der Waals surface area contributed by atoms with E-state index in [1.807, 2.05) is 0 Å². The van der Waals surface area contributed by atoms with Gasteiger partial charge >= 0.3 is 6.18 Å². The van der Waals surface area contributed by atoms with E-state index >= 15 is 0 Å². The molecule has 8 heteroatoms. The molecule has 4 N–H and O–H groups in total. The quantitative estimate of drug-likeness (QED) is 0.755. The highest BCUT2D eigenvalue weighted by Crippen LogP contribution is 2.31. The van der Waals surface area contributed by atoms with Gasteiger partial charge in [0.25, 0.3) is 0 Å². The Morgan fingerprint density at radius 1 is 1.29 bits per heavy atom. The van der Waals surface area contributed by atoms with E-state index in [1.165, 1.54) is 12.1 Å². The zero-order valence-electron chi connectivity index (χ0n) is 8.42. The highest BCUT2D eigenvalue weighted by molar-refractivity contribution is 5.55. The summed E-state index contributed by atoms with van der Waals surface area (Å²) >= 11 is 0. The van der Waals surface area contributed by atoms with Crippen LogP contribution in [-0.2, 0) is 6.18 Å². The summed E-state index contributed by atoms with van der Waals surface area (Å²) in [4.78, 5) is 3.72. The maximum Gasteiger partial charge on any atom is 0.416 e. The standard InChI is InChI=1S/C9H8F3N5/c10-9(11,12)5-2-1-3-6(4-5)14-8-15-7(13)16-17-8/h1-4H,(H4,13,14,15,16,17). The lowest BCUT2D eigenvalue weighted by Crippen LogP contribution is -2.05. The summed E-state index contributed by atoms with van der Waals surface area (Å²) in [5.41, 5.74) is 4.76. The third-order valence-corrected chi connectivity index (χ3v) is 1.96. The molecule has 0 atom stereocenters. The molecular formula is C9H8F3N5. The number of rotatable bonds is 2. The summed E-state index contributed by atoms with van der Waals surface area (Å²) in [5.74, 6) is 0.196. The van der Waals surface area contributed by atoms with Gasteiger partial charge in [0.15, 0.2) is 0 Å². The van der Waals surface area contributed by atoms with E-state index in [2.05, 4.69) is 20.5 Å². The Kier molecular flexibility index (Phi) is 2.62. The molecule has 0 saturated carbocycles. The number of anilines is 3. The summed E-state index contributed by atoms with van der Waals surface area (Å²) in [5, 5.41) is 8.60. The van der Waals surface area contributed by atoms with Gasteiger partial charge < -0.3 is 11.1 Å². The number of benzene rings is 1. The fourth-order valence-electron chi connectivity index (χ4n) is 1.24. The Balaban J connectivity index is 2.22. The highest BCUT2D eigenvalue weighted by atomic mass is 19.4. The fourth-order valence-corrected chi connectivity index (χ4v) is 1.24. The van der Waals surface area contributed by atoms with Crippen LogP contribution in [0.15, 0.2) is 24.3 Å². The maximum absolute atomic E-state index is 12.4. The van der Waals surface area contributed by atoms with Gasteiger partial charge in [-0.2, -0.15) is 18.2 Å². The van der Waals surface area contributed by atoms with Gasteiger partial charge in [0.1, 0.15) is 0 Å². The second-order valence-electron chi connectivity index (χ2n) is 3.25. The van der Waals surface area contributed by atoms with E-state index in [4.69, 9.17) is 5.73 Å². The topological polar surface area (TPSA) is 79.6 Å². The van der Waals surface area contributed by atoms with Crippen LogP contribution in [0.25, 0.3) is 0 Å². The molecule has 0 amide bonds. The van der Waals surface area contributed by atoms with Gasteiger partial charge in [0, 0.05) is 5.69 Å². The van der Waals surface area contributed by atoms with E-state index in [0.717, 1.165) is 12.1 Å². The number of hydrogen-bond donors (Lipinski definition) is 3. The monoisotopic (exact) mass is 243 g/mol. The molecule has 1 aromatic heterocycles. The second-order valence-corrected chi connectivity index (χ2v) is 3.25. The molecule has 1 aromatic carbocycles. The first-order valence-corrected chi connectivity index (χ1v) is 4.57. The number of nitrogens with zero attached hydrogens (tertiary/aromatic N) is 2. The Hall–Kier alpha value is -2.25. The molecule has 2 aromatic rings. The summed E-state index contributed by atoms with van der Waals surface area (Å²) in [6, 6.07) is 4.73. The van der Waals surface area contributed by atoms with E-state index in [0.29, 0.717) is 0 Å². The first-order chi connectivity index (χ1) is 7.95. The molecule has 0 saturated heterocycles. The van der Waals surface area contributed by atoms with E-state index in [1.54, 1.807) is 0 Å². The maximum atomic E-state index is 12.4. The minimum absolute atomic E-state index is 0.0134. The molecule has 2 rings (SSSR count). The van der Waals surface area contributed by atoms with Crippen molar-refractivity contribution in [3.05, 3.63) is 29.8 Å². The Labute approximate surface area is 93.9 Å². The molecule has 5 nitrogen and oxygen atoms in total. The van der Waals surface area contributed by atoms with Gasteiger partial charge in [-0.15, -0.1) is 5.10 Å². The van der Waals surface area contributed by atoms with Crippen LogP contribution in [0.4, 0.5) is 30.8 Å². The van der Waals surface area contributed by atoms with E-state index in [-0.39, 0.29) is 17.6 Å². The van der Waals surface area contributed by atoms with Gasteiger partial charge in [-0.05, 0) is 18.2 Å². The first kappa shape index (κ1) is 11.2. The predicted octanol–water partition coefficient (Wildman–Crippen LogP) is 2.15. The van der Waals surface area contributed by atoms with Gasteiger partial charge in [-0.1, -0.05) is 6.07 Å². The average Bonchev–Trinajstić information content (AvgIpc) is 2.63. The number of nitrogens with two attached hydrogens (primary N) is 1. The summed E-state index contributed by atoms with van der Waals surface area (Å²) in [6.45, 7) is 0. The first-order valence-electron chi connectivity index (χ1n) is 4.57. The molecule has 1 heterocycles. The van der Waals surface area contributed by atoms with Crippen LogP contribution in [0.3, 0.4) is 0 Å². The molecule has 17 heavy (non-hydrogen) atoms. The SMILES string of the molecule is Nc1n[nH]c(Nc2cccc(C(F)(F)F)c2)n1. The second kappa shape index (κ2) is 3.96. The van der Waals surface area contributed by atoms with Gasteiger partial charge in [-0.3, -0.25) is 0 Å². The largest absolute Gasteiger partial charge is 0.416 e. The number of H-pyrrole nitrogens is 1. The van der Waals surface area contributed by atoms with Crippen molar-refractivity contribution in [2.75, 3.05) is 11.1 Å². The number of aromatic amines is 1. The predicted molar refractivity (Wildman–Crippen MR) is 55.5 cm³/mol. The van der Waals surface area contributed by atoms with Crippen molar-refractivity contribution >= 4 is 17.6 Å². The Morgan fingerprint density at radius 3 is 2.65 bits per heavy atom. The van der Waals surface area contributed by atoms with E-state index in [9.17, 15) is 13.2 Å². The van der Waals surface area contributed by atoms with Crippen molar-refractivity contribution in [3.8, 4) is 0 Å². The Morgan fingerprint density at radius 2 is 2.06 bits per heavy atom. The minimum Gasteiger partial charge on any atom is -0.366 e. The number of halogens is 3. The van der Waals surface area contributed by atoms with Crippen molar-refractivity contribution in [3.63, 3.8) is 0 Å². The summed E-state index contributed by atoms with van der Waals surface area (Å²) in [7, 11) is 0. The molecule has 0 fully saturated rings. The van der Waals surface area contributed by atoms with Crippen LogP contribution >= 0.6 is 0 Å². The molecule has 0 bridgehead atoms. The lowest BCUT2D eigenvalue weighted by Gasteiger charge is -2.08. The smallest absolute Gasteiger partial charge is 0.366 e. The molecule has 0 aliphatic carbocycles. The van der Waals surface area contributed by atoms with Crippen LogP contribution in [-0.4, -0.2) is 15.2 Å². The zero-order valence-corrected chi connectivity index (χ0v) is 8.42. The van der Waals surface area contributed by atoms with Crippen molar-refractivity contribution in [1.82, 2.24) is 15.2 Å². The Bertz CT molecular complexity index is 519. The van der Waals surface area contributed by atoms with Crippen molar-refractivity contribution in [2.45, 2.75) is 6.18 Å². The third-order valence-electron chi connectivity index (χ3n) is 1.96. The summed E-state index contributed by atoms with van der Waals surface area (Å²) < 4.78 is 37.3. The van der Waals surface area contributed by atoms with Gasteiger partial charge in [0.2, 0.25) is 11.9 Å². The molecule has 0 spiro atoms. The lowest BCUT2D eigenvalue weighted by molar-refractivity contribution is -0.137. The summed E-state index contributed by atoms with van der Waals surface area (Å²) in [6.07, 6.45) is -4.38. The highest BCUT2D eigenvalue weighted by Gasteiger charge is 2.30. The average molecular weight is 243 g/mol. The third kappa shape index (κ3) is 2.65. The number of aromatic nitrogens is 3. The van der Waals surface area contributed by atoms with Crippen LogP contribution in [0.1, 0.15) is 5.56 Å². The van der Waals surface area contributed by atoms with Crippen molar-refractivity contribution in [1.29, 1.82) is 0 Å². The molecule has 90 valence electrons. The molecule has 0 radical (unpaired) electrons. The van der Waals surface area contributed by atoms with Gasteiger partial charge in [-0.25, -0.2) is 5.10 Å². The van der Waals surface area contributed by atoms with Crippen LogP contribution in [0.2, 0.25) is 0 Å². The lowest BCUT2D eigenvalue weighted by atomic mass is 10.2. The molecule has 0 unspecified atom stereocenters. The zero-order chi connectivity index (χ0) is 12.5. The van der Waals surface area contributed by atoms with Crippen LogP contribution < -0.4 is 11.1 Å². The molecule has 0 aliphatic heterocycles. The van der Waals surface area contributed by atoms with Crippen molar-refractivity contribution < 1.29 is 13.2 Å². The van der Waals surface area contributed by atoms with E-state index < -0.39 is 11.7 Å². The number of nitrogen functional groups attached to an aromatic ring is 1. The molecule has 0 aliphatic rings. The fraction of sp³-hybridized carbons (Fsp3) is 0.111. The minimum atomic E-state index is -4.38. The number of alkyl halides is 3. The normalized spacial score (nSPS) is 11.5.